The molecule has 0 atom stereocenters. The van der Waals surface area contributed by atoms with E-state index in [1.165, 1.54) is 18.5 Å². The molecule has 1 N–H and O–H groups in total. The van der Waals surface area contributed by atoms with Gasteiger partial charge in [0.25, 0.3) is 0 Å². The van der Waals surface area contributed by atoms with Gasteiger partial charge in [-0.2, -0.15) is 5.10 Å². The number of nitrogens with zero attached hydrogens (tertiary/aromatic N) is 4. The van der Waals surface area contributed by atoms with Crippen LogP contribution in [0.3, 0.4) is 0 Å². The van der Waals surface area contributed by atoms with Gasteiger partial charge in [0.15, 0.2) is 0 Å². The molecule has 5 nitrogen and oxygen atoms in total. The van der Waals surface area contributed by atoms with Crippen molar-refractivity contribution in [3.8, 4) is 0 Å². The van der Waals surface area contributed by atoms with Gasteiger partial charge < -0.3 is 5.32 Å². The van der Waals surface area contributed by atoms with Gasteiger partial charge in [-0.25, -0.2) is 14.4 Å². The van der Waals surface area contributed by atoms with Crippen LogP contribution in [0, 0.1) is 9.39 Å². The van der Waals surface area contributed by atoms with E-state index in [2.05, 4.69) is 43.0 Å². The molecule has 0 aliphatic carbocycles. The molecule has 2 aromatic carbocycles. The summed E-state index contributed by atoms with van der Waals surface area (Å²) >= 11 is 2.19. The summed E-state index contributed by atoms with van der Waals surface area (Å²) < 4.78 is 16.2. The SMILES string of the molecule is Fc1cccc(Cn2ncc3cc(Nc4ncncc4I)ccc32)c1. The zero-order valence-corrected chi connectivity index (χ0v) is 15.2. The fraction of sp³-hybridized carbons (Fsp3) is 0.0556. The number of fused-ring (bicyclic) bond motifs is 1. The monoisotopic (exact) mass is 445 g/mol. The smallest absolute Gasteiger partial charge is 0.147 e. The fourth-order valence-corrected chi connectivity index (χ4v) is 3.08. The maximum Gasteiger partial charge on any atom is 0.147 e. The van der Waals surface area contributed by atoms with Gasteiger partial charge in [0.05, 0.1) is 21.8 Å². The molecule has 0 unspecified atom stereocenters. The maximum atomic E-state index is 13.4. The summed E-state index contributed by atoms with van der Waals surface area (Å²) in [6.07, 6.45) is 5.08. The number of nitrogens with one attached hydrogen (secondary N) is 1. The summed E-state index contributed by atoms with van der Waals surface area (Å²) in [5.41, 5.74) is 2.80. The fourth-order valence-electron chi connectivity index (χ4n) is 2.64. The highest BCUT2D eigenvalue weighted by atomic mass is 127. The maximum absolute atomic E-state index is 13.4. The van der Waals surface area contributed by atoms with Gasteiger partial charge in [-0.1, -0.05) is 12.1 Å². The second-order valence-electron chi connectivity index (χ2n) is 5.55. The van der Waals surface area contributed by atoms with Gasteiger partial charge in [0.1, 0.15) is 18.0 Å². The lowest BCUT2D eigenvalue weighted by Crippen LogP contribution is -2.01. The van der Waals surface area contributed by atoms with E-state index >= 15 is 0 Å². The second kappa shape index (κ2) is 6.75. The van der Waals surface area contributed by atoms with Crippen LogP contribution in [0.25, 0.3) is 10.9 Å². The van der Waals surface area contributed by atoms with E-state index < -0.39 is 0 Å². The van der Waals surface area contributed by atoms with Gasteiger partial charge in [-0.15, -0.1) is 0 Å². The Hall–Kier alpha value is -2.55. The van der Waals surface area contributed by atoms with E-state index in [4.69, 9.17) is 0 Å². The molecular weight excluding hydrogens is 432 g/mol. The van der Waals surface area contributed by atoms with Crippen LogP contribution in [0.2, 0.25) is 0 Å². The van der Waals surface area contributed by atoms with Crippen LogP contribution in [0.15, 0.2) is 61.2 Å². The normalized spacial score (nSPS) is 11.0. The molecule has 25 heavy (non-hydrogen) atoms. The molecule has 0 fully saturated rings. The number of halogens is 2. The van der Waals surface area contributed by atoms with Crippen molar-refractivity contribution in [1.29, 1.82) is 0 Å². The van der Waals surface area contributed by atoms with Crippen molar-refractivity contribution in [3.05, 3.63) is 76.1 Å². The van der Waals surface area contributed by atoms with E-state index in [9.17, 15) is 4.39 Å². The lowest BCUT2D eigenvalue weighted by atomic mass is 10.2. The number of anilines is 2. The molecule has 0 aliphatic heterocycles. The van der Waals surface area contributed by atoms with E-state index in [0.29, 0.717) is 6.54 Å². The lowest BCUT2D eigenvalue weighted by Gasteiger charge is -2.08. The first-order valence-corrected chi connectivity index (χ1v) is 8.69. The predicted octanol–water partition coefficient (Wildman–Crippen LogP) is 4.36. The number of hydrogen-bond acceptors (Lipinski definition) is 4. The van der Waals surface area contributed by atoms with E-state index in [-0.39, 0.29) is 5.82 Å². The van der Waals surface area contributed by atoms with E-state index in [1.807, 2.05) is 35.1 Å². The minimum Gasteiger partial charge on any atom is -0.339 e. The third kappa shape index (κ3) is 3.46. The van der Waals surface area contributed by atoms with Crippen LogP contribution in [-0.4, -0.2) is 19.7 Å². The molecule has 0 bridgehead atoms. The van der Waals surface area contributed by atoms with Gasteiger partial charge in [-0.05, 0) is 58.5 Å². The predicted molar refractivity (Wildman–Crippen MR) is 103 cm³/mol. The lowest BCUT2D eigenvalue weighted by molar-refractivity contribution is 0.621. The molecule has 0 aliphatic rings. The highest BCUT2D eigenvalue weighted by Crippen LogP contribution is 2.24. The first-order chi connectivity index (χ1) is 12.2. The summed E-state index contributed by atoms with van der Waals surface area (Å²) in [7, 11) is 0. The van der Waals surface area contributed by atoms with Crippen LogP contribution < -0.4 is 5.32 Å². The van der Waals surface area contributed by atoms with Crippen molar-refractivity contribution < 1.29 is 4.39 Å². The third-order valence-corrected chi connectivity index (χ3v) is 4.58. The Morgan fingerprint density at radius 3 is 2.88 bits per heavy atom. The first kappa shape index (κ1) is 15.9. The molecule has 4 aromatic rings. The van der Waals surface area contributed by atoms with Crippen molar-refractivity contribution in [1.82, 2.24) is 19.7 Å². The molecule has 0 spiro atoms. The van der Waals surface area contributed by atoms with Crippen molar-refractivity contribution in [2.75, 3.05) is 5.32 Å². The zero-order chi connectivity index (χ0) is 17.2. The van der Waals surface area contributed by atoms with E-state index in [0.717, 1.165) is 31.5 Å². The molecule has 2 aromatic heterocycles. The molecule has 7 heteroatoms. The summed E-state index contributed by atoms with van der Waals surface area (Å²) in [6, 6.07) is 12.6. The van der Waals surface area contributed by atoms with E-state index in [1.54, 1.807) is 12.3 Å². The second-order valence-corrected chi connectivity index (χ2v) is 6.71. The third-order valence-electron chi connectivity index (χ3n) is 3.79. The molecule has 0 saturated carbocycles. The average Bonchev–Trinajstić information content (AvgIpc) is 2.99. The minimum absolute atomic E-state index is 0.236. The molecule has 2 heterocycles. The summed E-state index contributed by atoms with van der Waals surface area (Å²) in [5.74, 6) is 0.530. The Labute approximate surface area is 157 Å². The van der Waals surface area contributed by atoms with Crippen molar-refractivity contribution in [3.63, 3.8) is 0 Å². The number of rotatable bonds is 4. The molecular formula is C18H13FIN5. The van der Waals surface area contributed by atoms with Crippen molar-refractivity contribution in [2.24, 2.45) is 0 Å². The average molecular weight is 445 g/mol. The Bertz CT molecular complexity index is 1050. The standard InChI is InChI=1S/C18H13FIN5/c19-14-3-1-2-12(6-14)10-25-17-5-4-15(7-13(17)8-23-25)24-18-16(20)9-21-11-22-18/h1-9,11H,10H2,(H,21,22,24). The number of aromatic nitrogens is 4. The highest BCUT2D eigenvalue weighted by molar-refractivity contribution is 14.1. The van der Waals surface area contributed by atoms with Crippen LogP contribution in [0.5, 0.6) is 0 Å². The molecule has 124 valence electrons. The molecule has 0 amide bonds. The number of hydrogen-bond donors (Lipinski definition) is 1. The Kier molecular flexibility index (Phi) is 4.31. The van der Waals surface area contributed by atoms with Crippen LogP contribution >= 0.6 is 22.6 Å². The molecule has 4 rings (SSSR count). The van der Waals surface area contributed by atoms with Gasteiger partial charge >= 0.3 is 0 Å². The molecule has 0 radical (unpaired) electrons. The summed E-state index contributed by atoms with van der Waals surface area (Å²) in [6.45, 7) is 0.526. The first-order valence-electron chi connectivity index (χ1n) is 7.61. The van der Waals surface area contributed by atoms with Gasteiger partial charge in [-0.3, -0.25) is 4.68 Å². The number of benzene rings is 2. The highest BCUT2D eigenvalue weighted by Gasteiger charge is 2.07. The van der Waals surface area contributed by atoms with Crippen molar-refractivity contribution in [2.45, 2.75) is 6.54 Å². The topological polar surface area (TPSA) is 55.6 Å². The Morgan fingerprint density at radius 1 is 1.12 bits per heavy atom. The van der Waals surface area contributed by atoms with Gasteiger partial charge in [0.2, 0.25) is 0 Å². The Balaban J connectivity index is 1.62. The Morgan fingerprint density at radius 2 is 2.04 bits per heavy atom. The largest absolute Gasteiger partial charge is 0.339 e. The van der Waals surface area contributed by atoms with Crippen LogP contribution in [0.1, 0.15) is 5.56 Å². The minimum atomic E-state index is -0.236. The van der Waals surface area contributed by atoms with Crippen molar-refractivity contribution >= 4 is 45.0 Å². The summed E-state index contributed by atoms with van der Waals surface area (Å²) in [4.78, 5) is 8.22. The van der Waals surface area contributed by atoms with Crippen LogP contribution in [-0.2, 0) is 6.54 Å². The van der Waals surface area contributed by atoms with Gasteiger partial charge in [0, 0.05) is 17.3 Å². The quantitative estimate of drug-likeness (QED) is 0.475. The van der Waals surface area contributed by atoms with Crippen LogP contribution in [0.4, 0.5) is 15.9 Å². The summed E-state index contributed by atoms with van der Waals surface area (Å²) in [5, 5.41) is 8.72. The molecule has 0 saturated heterocycles. The zero-order valence-electron chi connectivity index (χ0n) is 13.0.